The molecule has 1 aliphatic rings. The summed E-state index contributed by atoms with van der Waals surface area (Å²) in [6.45, 7) is 3.03. The number of rotatable bonds is 5. The SMILES string of the molecule is CCNC(Cc1ccc(Cl)c(F)c1)C1Cc2ccccc21. The van der Waals surface area contributed by atoms with E-state index in [9.17, 15) is 4.39 Å². The normalized spacial score (nSPS) is 18.0. The van der Waals surface area contributed by atoms with E-state index in [4.69, 9.17) is 11.6 Å². The summed E-state index contributed by atoms with van der Waals surface area (Å²) in [6.07, 6.45) is 1.92. The van der Waals surface area contributed by atoms with Crippen molar-refractivity contribution in [2.45, 2.75) is 31.7 Å². The zero-order valence-electron chi connectivity index (χ0n) is 12.1. The molecule has 0 bridgehead atoms. The first-order chi connectivity index (χ1) is 10.2. The van der Waals surface area contributed by atoms with Crippen molar-refractivity contribution in [1.82, 2.24) is 5.32 Å². The van der Waals surface area contributed by atoms with Gasteiger partial charge in [-0.1, -0.05) is 48.9 Å². The van der Waals surface area contributed by atoms with Crippen molar-refractivity contribution in [2.24, 2.45) is 0 Å². The third-order valence-electron chi connectivity index (χ3n) is 4.29. The van der Waals surface area contributed by atoms with Crippen LogP contribution in [-0.2, 0) is 12.8 Å². The molecule has 0 spiro atoms. The second-order valence-corrected chi connectivity index (χ2v) is 6.03. The predicted molar refractivity (Wildman–Crippen MR) is 85.5 cm³/mol. The quantitative estimate of drug-likeness (QED) is 0.866. The number of halogens is 2. The van der Waals surface area contributed by atoms with Gasteiger partial charge in [0, 0.05) is 12.0 Å². The Labute approximate surface area is 130 Å². The Hall–Kier alpha value is -1.38. The van der Waals surface area contributed by atoms with Crippen LogP contribution in [0.5, 0.6) is 0 Å². The molecule has 1 nitrogen and oxygen atoms in total. The fourth-order valence-corrected chi connectivity index (χ4v) is 3.31. The summed E-state index contributed by atoms with van der Waals surface area (Å²) in [7, 11) is 0. The van der Waals surface area contributed by atoms with Crippen molar-refractivity contribution in [3.05, 3.63) is 70.0 Å². The molecule has 2 aromatic rings. The molecule has 0 fully saturated rings. The summed E-state index contributed by atoms with van der Waals surface area (Å²) < 4.78 is 13.6. The van der Waals surface area contributed by atoms with Crippen molar-refractivity contribution in [1.29, 1.82) is 0 Å². The van der Waals surface area contributed by atoms with Gasteiger partial charge >= 0.3 is 0 Å². The molecular formula is C18H19ClFN. The van der Waals surface area contributed by atoms with Crippen molar-refractivity contribution >= 4 is 11.6 Å². The largest absolute Gasteiger partial charge is 0.313 e. The van der Waals surface area contributed by atoms with E-state index in [0.717, 1.165) is 24.9 Å². The van der Waals surface area contributed by atoms with Crippen LogP contribution >= 0.6 is 11.6 Å². The molecule has 1 N–H and O–H groups in total. The van der Waals surface area contributed by atoms with Crippen molar-refractivity contribution < 1.29 is 4.39 Å². The van der Waals surface area contributed by atoms with E-state index in [-0.39, 0.29) is 10.8 Å². The molecule has 0 heterocycles. The van der Waals surface area contributed by atoms with Crippen molar-refractivity contribution in [3.8, 4) is 0 Å². The molecule has 0 aliphatic heterocycles. The highest BCUT2D eigenvalue weighted by molar-refractivity contribution is 6.30. The first-order valence-electron chi connectivity index (χ1n) is 7.44. The molecule has 0 saturated carbocycles. The summed E-state index contributed by atoms with van der Waals surface area (Å²) in [5, 5.41) is 3.74. The number of nitrogens with one attached hydrogen (secondary N) is 1. The van der Waals surface area contributed by atoms with Crippen LogP contribution < -0.4 is 5.32 Å². The van der Waals surface area contributed by atoms with Gasteiger partial charge in [-0.05, 0) is 48.2 Å². The molecular weight excluding hydrogens is 285 g/mol. The van der Waals surface area contributed by atoms with Crippen LogP contribution in [0.3, 0.4) is 0 Å². The smallest absolute Gasteiger partial charge is 0.142 e. The maximum Gasteiger partial charge on any atom is 0.142 e. The molecule has 0 aromatic heterocycles. The number of hydrogen-bond acceptors (Lipinski definition) is 1. The predicted octanol–water partition coefficient (Wildman–Crippen LogP) is 4.34. The molecule has 0 amide bonds. The highest BCUT2D eigenvalue weighted by Gasteiger charge is 2.32. The van der Waals surface area contributed by atoms with E-state index >= 15 is 0 Å². The highest BCUT2D eigenvalue weighted by atomic mass is 35.5. The third kappa shape index (κ3) is 2.97. The average molecular weight is 304 g/mol. The van der Waals surface area contributed by atoms with E-state index < -0.39 is 0 Å². The van der Waals surface area contributed by atoms with Crippen molar-refractivity contribution in [3.63, 3.8) is 0 Å². The second-order valence-electron chi connectivity index (χ2n) is 5.63. The van der Waals surface area contributed by atoms with Crippen LogP contribution in [-0.4, -0.2) is 12.6 Å². The van der Waals surface area contributed by atoms with Crippen LogP contribution in [0, 0.1) is 5.82 Å². The zero-order chi connectivity index (χ0) is 14.8. The lowest BCUT2D eigenvalue weighted by Crippen LogP contribution is -2.41. The molecule has 0 saturated heterocycles. The number of hydrogen-bond donors (Lipinski definition) is 1. The molecule has 2 unspecified atom stereocenters. The van der Waals surface area contributed by atoms with E-state index in [1.165, 1.54) is 11.1 Å². The maximum absolute atomic E-state index is 13.6. The summed E-state index contributed by atoms with van der Waals surface area (Å²) in [5.41, 5.74) is 3.86. The molecule has 0 radical (unpaired) electrons. The molecule has 3 heteroatoms. The first-order valence-corrected chi connectivity index (χ1v) is 7.82. The van der Waals surface area contributed by atoms with Gasteiger partial charge in [0.05, 0.1) is 5.02 Å². The lowest BCUT2D eigenvalue weighted by Gasteiger charge is -2.37. The topological polar surface area (TPSA) is 12.0 Å². The standard InChI is InChI=1S/C18H19ClFN/c1-2-21-18(10-12-7-8-16(19)17(20)9-12)15-11-13-5-3-4-6-14(13)15/h3-9,15,18,21H,2,10-11H2,1H3. The number of benzene rings is 2. The molecule has 21 heavy (non-hydrogen) atoms. The van der Waals surface area contributed by atoms with Crippen LogP contribution in [0.2, 0.25) is 5.02 Å². The summed E-state index contributed by atoms with van der Waals surface area (Å²) in [5.74, 6) is 0.179. The van der Waals surface area contributed by atoms with Gasteiger partial charge in [0.2, 0.25) is 0 Å². The van der Waals surface area contributed by atoms with Gasteiger partial charge in [0.15, 0.2) is 0 Å². The molecule has 1 aliphatic carbocycles. The summed E-state index contributed by atoms with van der Waals surface area (Å²) >= 11 is 5.76. The Morgan fingerprint density at radius 2 is 2.10 bits per heavy atom. The van der Waals surface area contributed by atoms with E-state index in [1.807, 2.05) is 6.07 Å². The van der Waals surface area contributed by atoms with Gasteiger partial charge in [0.25, 0.3) is 0 Å². The number of likely N-dealkylation sites (N-methyl/N-ethyl adjacent to an activating group) is 1. The van der Waals surface area contributed by atoms with Gasteiger partial charge in [-0.25, -0.2) is 4.39 Å². The monoisotopic (exact) mass is 303 g/mol. The summed E-state index contributed by atoms with van der Waals surface area (Å²) in [4.78, 5) is 0. The summed E-state index contributed by atoms with van der Waals surface area (Å²) in [6, 6.07) is 14.0. The van der Waals surface area contributed by atoms with Crippen LogP contribution in [0.15, 0.2) is 42.5 Å². The minimum Gasteiger partial charge on any atom is -0.313 e. The minimum atomic E-state index is -0.335. The van der Waals surface area contributed by atoms with Gasteiger partial charge in [-0.3, -0.25) is 0 Å². The van der Waals surface area contributed by atoms with Gasteiger partial charge in [-0.2, -0.15) is 0 Å². The van der Waals surface area contributed by atoms with Gasteiger partial charge in [-0.15, -0.1) is 0 Å². The zero-order valence-corrected chi connectivity index (χ0v) is 12.8. The van der Waals surface area contributed by atoms with Crippen molar-refractivity contribution in [2.75, 3.05) is 6.54 Å². The van der Waals surface area contributed by atoms with Crippen LogP contribution in [0.1, 0.15) is 29.5 Å². The van der Waals surface area contributed by atoms with Gasteiger partial charge in [0.1, 0.15) is 5.82 Å². The molecule has 3 rings (SSSR count). The fourth-order valence-electron chi connectivity index (χ4n) is 3.20. The Morgan fingerprint density at radius 3 is 2.81 bits per heavy atom. The Bertz CT molecular complexity index is 641. The Morgan fingerprint density at radius 1 is 1.29 bits per heavy atom. The lowest BCUT2D eigenvalue weighted by atomic mass is 9.72. The Kier molecular flexibility index (Phi) is 4.27. The number of fused-ring (bicyclic) bond motifs is 1. The van der Waals surface area contributed by atoms with Crippen LogP contribution in [0.25, 0.3) is 0 Å². The van der Waals surface area contributed by atoms with E-state index in [0.29, 0.717) is 12.0 Å². The first kappa shape index (κ1) is 14.6. The second kappa shape index (κ2) is 6.17. The molecule has 2 aromatic carbocycles. The van der Waals surface area contributed by atoms with Gasteiger partial charge < -0.3 is 5.32 Å². The van der Waals surface area contributed by atoms with E-state index in [2.05, 4.69) is 36.5 Å². The van der Waals surface area contributed by atoms with E-state index in [1.54, 1.807) is 12.1 Å². The maximum atomic E-state index is 13.6. The Balaban J connectivity index is 1.78. The lowest BCUT2D eigenvalue weighted by molar-refractivity contribution is 0.404. The third-order valence-corrected chi connectivity index (χ3v) is 4.59. The van der Waals surface area contributed by atoms with Crippen LogP contribution in [0.4, 0.5) is 4.39 Å². The fraction of sp³-hybridized carbons (Fsp3) is 0.333. The molecule has 110 valence electrons. The average Bonchev–Trinajstić information content (AvgIpc) is 2.44. The minimum absolute atomic E-state index is 0.188. The highest BCUT2D eigenvalue weighted by Crippen LogP contribution is 2.38. The molecule has 2 atom stereocenters.